The molecule has 5 heteroatoms. The third-order valence-electron chi connectivity index (χ3n) is 2.34. The average Bonchev–Trinajstić information content (AvgIpc) is 2.80. The summed E-state index contributed by atoms with van der Waals surface area (Å²) in [4.78, 5) is 15.2. The largest absolute Gasteiger partial charge is 0.464 e. The maximum absolute atomic E-state index is 11.2. The van der Waals surface area contributed by atoms with Crippen LogP contribution in [-0.4, -0.2) is 22.6 Å². The summed E-state index contributed by atoms with van der Waals surface area (Å²) in [6, 6.07) is 7.55. The Labute approximate surface area is 104 Å². The number of imidazole rings is 1. The topological polar surface area (TPSA) is 44.1 Å². The first-order valence-electron chi connectivity index (χ1n) is 5.04. The minimum atomic E-state index is -0.442. The molecular weight excluding hydrogens is 240 g/mol. The number of rotatable bonds is 3. The predicted molar refractivity (Wildman–Crippen MR) is 64.1 cm³/mol. The van der Waals surface area contributed by atoms with Gasteiger partial charge in [-0.15, -0.1) is 0 Å². The van der Waals surface area contributed by atoms with Gasteiger partial charge in [-0.1, -0.05) is 29.8 Å². The molecule has 0 fully saturated rings. The molecule has 0 saturated carbocycles. The molecule has 88 valence electrons. The molecule has 1 aromatic heterocycles. The molecule has 0 aliphatic heterocycles. The molecule has 1 heterocycles. The molecule has 0 radical (unpaired) electrons. The molecule has 0 saturated heterocycles. The quantitative estimate of drug-likeness (QED) is 0.786. The van der Waals surface area contributed by atoms with E-state index in [4.69, 9.17) is 11.6 Å². The minimum Gasteiger partial charge on any atom is -0.464 e. The number of carbonyl (C=O) groups excluding carboxylic acids is 1. The molecule has 0 bridgehead atoms. The van der Waals surface area contributed by atoms with E-state index in [1.54, 1.807) is 17.1 Å². The van der Waals surface area contributed by atoms with E-state index in [1.807, 2.05) is 24.3 Å². The second-order valence-electron chi connectivity index (χ2n) is 3.51. The van der Waals surface area contributed by atoms with Crippen molar-refractivity contribution in [3.05, 3.63) is 53.1 Å². The molecule has 0 amide bonds. The number of halogens is 1. The van der Waals surface area contributed by atoms with Gasteiger partial charge in [-0.05, 0) is 11.6 Å². The highest BCUT2D eigenvalue weighted by Crippen LogP contribution is 2.16. The SMILES string of the molecule is COC(=O)c1cn(Cc2ccccc2Cl)cn1. The van der Waals surface area contributed by atoms with Crippen LogP contribution in [0.1, 0.15) is 16.1 Å². The number of nitrogens with zero attached hydrogens (tertiary/aromatic N) is 2. The Kier molecular flexibility index (Phi) is 3.44. The molecule has 0 unspecified atom stereocenters. The van der Waals surface area contributed by atoms with E-state index < -0.39 is 5.97 Å². The fourth-order valence-electron chi connectivity index (χ4n) is 1.48. The van der Waals surface area contributed by atoms with Crippen LogP contribution in [0.15, 0.2) is 36.8 Å². The summed E-state index contributed by atoms with van der Waals surface area (Å²) in [6.45, 7) is 0.573. The molecule has 2 aromatic rings. The molecule has 1 aromatic carbocycles. The molecule has 4 nitrogen and oxygen atoms in total. The van der Waals surface area contributed by atoms with Crippen molar-refractivity contribution in [2.24, 2.45) is 0 Å². The highest BCUT2D eigenvalue weighted by atomic mass is 35.5. The summed E-state index contributed by atoms with van der Waals surface area (Å²) in [5.41, 5.74) is 1.27. The van der Waals surface area contributed by atoms with Crippen molar-refractivity contribution in [2.45, 2.75) is 6.54 Å². The Morgan fingerprint density at radius 1 is 1.47 bits per heavy atom. The normalized spacial score (nSPS) is 10.2. The van der Waals surface area contributed by atoms with Gasteiger partial charge in [-0.2, -0.15) is 0 Å². The van der Waals surface area contributed by atoms with Crippen LogP contribution in [0.25, 0.3) is 0 Å². The number of aromatic nitrogens is 2. The Hall–Kier alpha value is -1.81. The van der Waals surface area contributed by atoms with Gasteiger partial charge in [-0.3, -0.25) is 0 Å². The van der Waals surface area contributed by atoms with Crippen LogP contribution >= 0.6 is 11.6 Å². The number of ether oxygens (including phenoxy) is 1. The lowest BCUT2D eigenvalue weighted by Gasteiger charge is -2.04. The standard InChI is InChI=1S/C12H11ClN2O2/c1-17-12(16)11-7-15(8-14-11)6-9-4-2-3-5-10(9)13/h2-5,7-8H,6H2,1H3. The summed E-state index contributed by atoms with van der Waals surface area (Å²) < 4.78 is 6.37. The number of carbonyl (C=O) groups is 1. The van der Waals surface area contributed by atoms with E-state index in [0.29, 0.717) is 17.3 Å². The van der Waals surface area contributed by atoms with Crippen LogP contribution in [0.5, 0.6) is 0 Å². The Morgan fingerprint density at radius 3 is 2.94 bits per heavy atom. The van der Waals surface area contributed by atoms with Crippen molar-refractivity contribution < 1.29 is 9.53 Å². The second kappa shape index (κ2) is 5.01. The number of esters is 1. The van der Waals surface area contributed by atoms with E-state index in [0.717, 1.165) is 5.56 Å². The van der Waals surface area contributed by atoms with E-state index in [9.17, 15) is 4.79 Å². The van der Waals surface area contributed by atoms with Gasteiger partial charge in [0.25, 0.3) is 0 Å². The zero-order chi connectivity index (χ0) is 12.3. The molecule has 0 aliphatic carbocycles. The smallest absolute Gasteiger partial charge is 0.358 e. The van der Waals surface area contributed by atoms with E-state index in [2.05, 4.69) is 9.72 Å². The van der Waals surface area contributed by atoms with Crippen LogP contribution in [0.2, 0.25) is 5.02 Å². The number of hydrogen-bond donors (Lipinski definition) is 0. The van der Waals surface area contributed by atoms with Crippen LogP contribution < -0.4 is 0 Å². The van der Waals surface area contributed by atoms with E-state index in [1.165, 1.54) is 7.11 Å². The summed E-state index contributed by atoms with van der Waals surface area (Å²) in [5, 5.41) is 0.695. The van der Waals surface area contributed by atoms with Gasteiger partial charge in [0.15, 0.2) is 5.69 Å². The fourth-order valence-corrected chi connectivity index (χ4v) is 1.68. The lowest BCUT2D eigenvalue weighted by molar-refractivity contribution is 0.0594. The number of hydrogen-bond acceptors (Lipinski definition) is 3. The average molecular weight is 251 g/mol. The first-order chi connectivity index (χ1) is 8.20. The van der Waals surface area contributed by atoms with Gasteiger partial charge in [0.2, 0.25) is 0 Å². The molecule has 0 aliphatic rings. The van der Waals surface area contributed by atoms with Gasteiger partial charge >= 0.3 is 5.97 Å². The van der Waals surface area contributed by atoms with E-state index in [-0.39, 0.29) is 0 Å². The van der Waals surface area contributed by atoms with Crippen molar-refractivity contribution in [3.63, 3.8) is 0 Å². The molecule has 0 N–H and O–H groups in total. The maximum atomic E-state index is 11.2. The lowest BCUT2D eigenvalue weighted by atomic mass is 10.2. The minimum absolute atomic E-state index is 0.291. The third-order valence-corrected chi connectivity index (χ3v) is 2.71. The van der Waals surface area contributed by atoms with Gasteiger partial charge < -0.3 is 9.30 Å². The molecule has 2 rings (SSSR count). The van der Waals surface area contributed by atoms with Gasteiger partial charge in [-0.25, -0.2) is 9.78 Å². The van der Waals surface area contributed by atoms with Crippen LogP contribution in [0.4, 0.5) is 0 Å². The Balaban J connectivity index is 2.17. The van der Waals surface area contributed by atoms with Crippen LogP contribution in [-0.2, 0) is 11.3 Å². The summed E-state index contributed by atoms with van der Waals surface area (Å²) >= 11 is 6.05. The van der Waals surface area contributed by atoms with Crippen molar-refractivity contribution >= 4 is 17.6 Å². The summed E-state index contributed by atoms with van der Waals surface area (Å²) in [6.07, 6.45) is 3.21. The second-order valence-corrected chi connectivity index (χ2v) is 3.92. The third kappa shape index (κ3) is 2.65. The van der Waals surface area contributed by atoms with Crippen molar-refractivity contribution in [1.29, 1.82) is 0 Å². The zero-order valence-electron chi connectivity index (χ0n) is 9.26. The lowest BCUT2D eigenvalue weighted by Crippen LogP contribution is -2.01. The molecule has 0 atom stereocenters. The van der Waals surface area contributed by atoms with Gasteiger partial charge in [0.1, 0.15) is 0 Å². The molecule has 17 heavy (non-hydrogen) atoms. The van der Waals surface area contributed by atoms with Crippen molar-refractivity contribution in [2.75, 3.05) is 7.11 Å². The molecular formula is C12H11ClN2O2. The molecule has 0 spiro atoms. The van der Waals surface area contributed by atoms with Gasteiger partial charge in [0, 0.05) is 17.8 Å². The predicted octanol–water partition coefficient (Wildman–Crippen LogP) is 2.37. The first-order valence-corrected chi connectivity index (χ1v) is 5.42. The number of methoxy groups -OCH3 is 1. The fraction of sp³-hybridized carbons (Fsp3) is 0.167. The van der Waals surface area contributed by atoms with Crippen molar-refractivity contribution in [1.82, 2.24) is 9.55 Å². The Bertz CT molecular complexity index is 537. The Morgan fingerprint density at radius 2 is 2.24 bits per heavy atom. The van der Waals surface area contributed by atoms with Crippen LogP contribution in [0.3, 0.4) is 0 Å². The highest BCUT2D eigenvalue weighted by Gasteiger charge is 2.09. The monoisotopic (exact) mass is 250 g/mol. The number of benzene rings is 1. The maximum Gasteiger partial charge on any atom is 0.358 e. The first kappa shape index (κ1) is 11.7. The van der Waals surface area contributed by atoms with Gasteiger partial charge in [0.05, 0.1) is 13.4 Å². The van der Waals surface area contributed by atoms with Crippen LogP contribution in [0, 0.1) is 0 Å². The zero-order valence-corrected chi connectivity index (χ0v) is 10.0. The van der Waals surface area contributed by atoms with E-state index >= 15 is 0 Å². The summed E-state index contributed by atoms with van der Waals surface area (Å²) in [5.74, 6) is -0.442. The van der Waals surface area contributed by atoms with Crippen molar-refractivity contribution in [3.8, 4) is 0 Å². The highest BCUT2D eigenvalue weighted by molar-refractivity contribution is 6.31. The summed E-state index contributed by atoms with van der Waals surface area (Å²) in [7, 11) is 1.33.